The summed E-state index contributed by atoms with van der Waals surface area (Å²) in [6.45, 7) is 1.95. The molecule has 0 aliphatic carbocycles. The van der Waals surface area contributed by atoms with Gasteiger partial charge in [0.1, 0.15) is 0 Å². The molecular weight excluding hydrogens is 226 g/mol. The molecule has 0 amide bonds. The number of hydrogen-bond acceptors (Lipinski definition) is 4. The van der Waals surface area contributed by atoms with E-state index in [4.69, 9.17) is 12.2 Å². The lowest BCUT2D eigenvalue weighted by atomic mass is 10.2. The largest absolute Gasteiger partial charge is 0.262 e. The maximum absolute atomic E-state index is 4.97. The highest BCUT2D eigenvalue weighted by atomic mass is 32.2. The Bertz CT molecular complexity index is 349. The predicted molar refractivity (Wildman–Crippen MR) is 70.3 cm³/mol. The first-order chi connectivity index (χ1) is 7.22. The first-order valence-electron chi connectivity index (χ1n) is 4.49. The van der Waals surface area contributed by atoms with Crippen LogP contribution < -0.4 is 5.43 Å². The van der Waals surface area contributed by atoms with Crippen molar-refractivity contribution in [2.24, 2.45) is 5.10 Å². The maximum Gasteiger partial charge on any atom is 0.153 e. The first-order valence-corrected chi connectivity index (χ1v) is 6.12. The van der Waals surface area contributed by atoms with Gasteiger partial charge in [0.15, 0.2) is 4.32 Å². The van der Waals surface area contributed by atoms with Gasteiger partial charge in [0.25, 0.3) is 0 Å². The molecule has 1 heterocycles. The lowest BCUT2D eigenvalue weighted by molar-refractivity contribution is 1.03. The molecule has 0 radical (unpaired) electrons. The third kappa shape index (κ3) is 4.90. The Kier molecular flexibility index (Phi) is 5.28. The van der Waals surface area contributed by atoms with E-state index in [0.29, 0.717) is 4.32 Å². The second-order valence-corrected chi connectivity index (χ2v) is 4.43. The summed E-state index contributed by atoms with van der Waals surface area (Å²) in [4.78, 5) is 4.22. The van der Waals surface area contributed by atoms with Crippen molar-refractivity contribution < 1.29 is 0 Å². The van der Waals surface area contributed by atoms with Gasteiger partial charge in [-0.15, -0.1) is 0 Å². The Morgan fingerprint density at radius 3 is 3.00 bits per heavy atom. The molecule has 1 aromatic heterocycles. The average Bonchev–Trinajstić information content (AvgIpc) is 2.27. The Morgan fingerprint density at radius 2 is 2.40 bits per heavy atom. The van der Waals surface area contributed by atoms with Crippen molar-refractivity contribution >= 4 is 34.0 Å². The molecule has 0 atom stereocenters. The van der Waals surface area contributed by atoms with E-state index >= 15 is 0 Å². The lowest BCUT2D eigenvalue weighted by Gasteiger charge is -2.02. The van der Waals surface area contributed by atoms with Crippen LogP contribution in [0.4, 0.5) is 0 Å². The number of nitrogens with zero attached hydrogens (tertiary/aromatic N) is 2. The van der Waals surface area contributed by atoms with Crippen LogP contribution in [-0.2, 0) is 6.42 Å². The fraction of sp³-hybridized carbons (Fsp3) is 0.300. The second-order valence-electron chi connectivity index (χ2n) is 2.95. The van der Waals surface area contributed by atoms with Crippen LogP contribution in [0.15, 0.2) is 29.5 Å². The highest BCUT2D eigenvalue weighted by Crippen LogP contribution is 1.97. The Balaban J connectivity index is 2.48. The van der Waals surface area contributed by atoms with Crippen LogP contribution in [0, 0.1) is 0 Å². The number of nitrogens with one attached hydrogen (secondary N) is 1. The smallest absolute Gasteiger partial charge is 0.153 e. The minimum atomic E-state index is 0.676. The van der Waals surface area contributed by atoms with Gasteiger partial charge < -0.3 is 0 Å². The van der Waals surface area contributed by atoms with Crippen molar-refractivity contribution in [2.75, 3.05) is 6.26 Å². The topological polar surface area (TPSA) is 37.3 Å². The predicted octanol–water partition coefficient (Wildman–Crippen LogP) is 2.24. The van der Waals surface area contributed by atoms with E-state index in [2.05, 4.69) is 15.5 Å². The van der Waals surface area contributed by atoms with Crippen LogP contribution >= 0.6 is 24.0 Å². The molecule has 1 N–H and O–H groups in total. The minimum absolute atomic E-state index is 0.676. The van der Waals surface area contributed by atoms with Gasteiger partial charge in [0.2, 0.25) is 0 Å². The zero-order valence-electron chi connectivity index (χ0n) is 8.73. The van der Waals surface area contributed by atoms with Crippen molar-refractivity contribution in [3.63, 3.8) is 0 Å². The van der Waals surface area contributed by atoms with Crippen molar-refractivity contribution in [3.05, 3.63) is 30.1 Å². The molecule has 0 aliphatic rings. The van der Waals surface area contributed by atoms with Gasteiger partial charge in [0.05, 0.1) is 0 Å². The molecule has 1 rings (SSSR count). The second kappa shape index (κ2) is 6.53. The summed E-state index contributed by atoms with van der Waals surface area (Å²) < 4.78 is 0.676. The third-order valence-corrected chi connectivity index (χ3v) is 2.74. The summed E-state index contributed by atoms with van der Waals surface area (Å²) in [5.41, 5.74) is 4.78. The number of thioether (sulfide) groups is 1. The zero-order chi connectivity index (χ0) is 11.1. The van der Waals surface area contributed by atoms with Crippen molar-refractivity contribution in [1.29, 1.82) is 0 Å². The molecule has 0 saturated carbocycles. The summed E-state index contributed by atoms with van der Waals surface area (Å²) in [6.07, 6.45) is 4.44. The van der Waals surface area contributed by atoms with Gasteiger partial charge in [-0.2, -0.15) is 5.10 Å². The zero-order valence-corrected chi connectivity index (χ0v) is 10.4. The molecule has 0 fully saturated rings. The normalized spacial score (nSPS) is 11.2. The SMILES string of the molecule is CSC(=S)N/N=C(\C)Cc1ccccn1. The number of pyridine rings is 1. The highest BCUT2D eigenvalue weighted by Gasteiger charge is 1.96. The van der Waals surface area contributed by atoms with E-state index in [9.17, 15) is 0 Å². The van der Waals surface area contributed by atoms with Crippen LogP contribution in [0.3, 0.4) is 0 Å². The molecule has 80 valence electrons. The lowest BCUT2D eigenvalue weighted by Crippen LogP contribution is -2.14. The summed E-state index contributed by atoms with van der Waals surface area (Å²) >= 11 is 6.44. The Hall–Kier alpha value is -0.940. The quantitative estimate of drug-likeness (QED) is 0.498. The van der Waals surface area contributed by atoms with Crippen molar-refractivity contribution in [1.82, 2.24) is 10.4 Å². The molecule has 1 aromatic rings. The van der Waals surface area contributed by atoms with Gasteiger partial charge >= 0.3 is 0 Å². The third-order valence-electron chi connectivity index (χ3n) is 1.69. The van der Waals surface area contributed by atoms with Crippen LogP contribution in [-0.4, -0.2) is 21.3 Å². The van der Waals surface area contributed by atoms with Crippen LogP contribution in [0.1, 0.15) is 12.6 Å². The summed E-state index contributed by atoms with van der Waals surface area (Å²) in [7, 11) is 0. The first kappa shape index (κ1) is 12.1. The molecule has 15 heavy (non-hydrogen) atoms. The molecule has 0 saturated heterocycles. The number of aromatic nitrogens is 1. The van der Waals surface area contributed by atoms with E-state index in [1.165, 1.54) is 11.8 Å². The van der Waals surface area contributed by atoms with Gasteiger partial charge in [-0.1, -0.05) is 30.0 Å². The van der Waals surface area contributed by atoms with Crippen molar-refractivity contribution in [2.45, 2.75) is 13.3 Å². The maximum atomic E-state index is 4.97. The molecule has 3 nitrogen and oxygen atoms in total. The highest BCUT2D eigenvalue weighted by molar-refractivity contribution is 8.22. The molecule has 0 bridgehead atoms. The monoisotopic (exact) mass is 239 g/mol. The van der Waals surface area contributed by atoms with Crippen LogP contribution in [0.25, 0.3) is 0 Å². The summed E-state index contributed by atoms with van der Waals surface area (Å²) in [5.74, 6) is 0. The average molecular weight is 239 g/mol. The van der Waals surface area contributed by atoms with Gasteiger partial charge in [-0.25, -0.2) is 0 Å². The number of hydrazone groups is 1. The number of thiocarbonyl (C=S) groups is 1. The van der Waals surface area contributed by atoms with Gasteiger partial charge in [-0.05, 0) is 25.3 Å². The van der Waals surface area contributed by atoms with Crippen LogP contribution in [0.2, 0.25) is 0 Å². The van der Waals surface area contributed by atoms with Crippen molar-refractivity contribution in [3.8, 4) is 0 Å². The Labute approximate surface area is 99.4 Å². The van der Waals surface area contributed by atoms with Gasteiger partial charge in [0, 0.05) is 24.0 Å². The van der Waals surface area contributed by atoms with E-state index in [0.717, 1.165) is 17.8 Å². The van der Waals surface area contributed by atoms with E-state index < -0.39 is 0 Å². The number of hydrogen-bond donors (Lipinski definition) is 1. The fourth-order valence-electron chi connectivity index (χ4n) is 0.991. The van der Waals surface area contributed by atoms with Gasteiger partial charge in [-0.3, -0.25) is 10.4 Å². The molecule has 5 heteroatoms. The summed E-state index contributed by atoms with van der Waals surface area (Å²) in [5, 5.41) is 4.15. The van der Waals surface area contributed by atoms with Crippen LogP contribution in [0.5, 0.6) is 0 Å². The molecule has 0 aliphatic heterocycles. The van der Waals surface area contributed by atoms with E-state index in [1.54, 1.807) is 6.20 Å². The number of rotatable bonds is 3. The van der Waals surface area contributed by atoms with E-state index in [-0.39, 0.29) is 0 Å². The molecule has 0 spiro atoms. The summed E-state index contributed by atoms with van der Waals surface area (Å²) in [6, 6.07) is 5.85. The minimum Gasteiger partial charge on any atom is -0.262 e. The standard InChI is InChI=1S/C10H13N3S2/c1-8(12-13-10(14)15-2)7-9-5-3-4-6-11-9/h3-6H,7H2,1-2H3,(H,13,14)/b12-8+. The molecule has 0 unspecified atom stereocenters. The Morgan fingerprint density at radius 1 is 1.60 bits per heavy atom. The molecular formula is C10H13N3S2. The van der Waals surface area contributed by atoms with E-state index in [1.807, 2.05) is 31.4 Å². The molecule has 0 aromatic carbocycles. The fourth-order valence-corrected chi connectivity index (χ4v) is 1.17.